The highest BCUT2D eigenvalue weighted by molar-refractivity contribution is 5.71. The smallest absolute Gasteiger partial charge is 0.332 e. The van der Waals surface area contributed by atoms with Gasteiger partial charge in [-0.1, -0.05) is 19.9 Å². The molecule has 1 fully saturated rings. The Labute approximate surface area is 125 Å². The summed E-state index contributed by atoms with van der Waals surface area (Å²) in [4.78, 5) is 22.1. The predicted octanol–water partition coefficient (Wildman–Crippen LogP) is 1.07. The van der Waals surface area contributed by atoms with Gasteiger partial charge in [0, 0.05) is 19.4 Å². The number of rotatable bonds is 7. The number of hydrogen-bond acceptors (Lipinski definition) is 6. The van der Waals surface area contributed by atoms with Gasteiger partial charge in [-0.15, -0.1) is 0 Å². The highest BCUT2D eigenvalue weighted by Crippen LogP contribution is 2.37. The van der Waals surface area contributed by atoms with Crippen molar-refractivity contribution in [1.82, 2.24) is 0 Å². The molecule has 0 aromatic heterocycles. The molecule has 6 nitrogen and oxygen atoms in total. The predicted molar refractivity (Wildman–Crippen MR) is 75.4 cm³/mol. The third kappa shape index (κ3) is 4.62. The minimum Gasteiger partial charge on any atom is -0.451 e. The van der Waals surface area contributed by atoms with Crippen LogP contribution >= 0.6 is 0 Å². The van der Waals surface area contributed by atoms with E-state index in [2.05, 4.69) is 0 Å². The lowest BCUT2D eigenvalue weighted by Gasteiger charge is -2.44. The maximum absolute atomic E-state index is 11.6. The largest absolute Gasteiger partial charge is 0.451 e. The molecule has 1 N–H and O–H groups in total. The van der Waals surface area contributed by atoms with Gasteiger partial charge in [-0.05, 0) is 18.4 Å². The summed E-state index contributed by atoms with van der Waals surface area (Å²) in [6.07, 6.45) is 3.81. The molecule has 0 bridgehead atoms. The van der Waals surface area contributed by atoms with E-state index in [1.165, 1.54) is 13.2 Å². The molecule has 1 heterocycles. The molecule has 0 amide bonds. The summed E-state index contributed by atoms with van der Waals surface area (Å²) in [6.45, 7) is 4.05. The second-order valence-corrected chi connectivity index (χ2v) is 5.33. The number of hydrogen-bond donors (Lipinski definition) is 1. The molecular weight excluding hydrogens is 276 g/mol. The minimum atomic E-state index is -1.60. The number of aliphatic hydroxyl groups is 1. The fraction of sp³-hybridized carbons (Fsp3) is 0.733. The van der Waals surface area contributed by atoms with Crippen LogP contribution in [-0.2, 0) is 23.8 Å². The molecule has 0 saturated carbocycles. The second kappa shape index (κ2) is 8.26. The van der Waals surface area contributed by atoms with Crippen molar-refractivity contribution in [2.75, 3.05) is 20.3 Å². The summed E-state index contributed by atoms with van der Waals surface area (Å²) in [7, 11) is 1.38. The zero-order chi connectivity index (χ0) is 15.9. The first-order valence-electron chi connectivity index (χ1n) is 7.10. The fourth-order valence-corrected chi connectivity index (χ4v) is 2.35. The van der Waals surface area contributed by atoms with Crippen LogP contribution in [0.3, 0.4) is 0 Å². The van der Waals surface area contributed by atoms with Crippen LogP contribution in [-0.4, -0.2) is 49.6 Å². The first-order chi connectivity index (χ1) is 9.95. The molecule has 0 radical (unpaired) electrons. The number of ether oxygens (including phenoxy) is 3. The minimum absolute atomic E-state index is 0.179. The zero-order valence-electron chi connectivity index (χ0n) is 12.8. The summed E-state index contributed by atoms with van der Waals surface area (Å²) >= 11 is 0. The van der Waals surface area contributed by atoms with E-state index < -0.39 is 17.9 Å². The summed E-state index contributed by atoms with van der Waals surface area (Å²) in [5.74, 6) is -2.18. The third-order valence-electron chi connectivity index (χ3n) is 3.88. The average Bonchev–Trinajstić information content (AvgIpc) is 2.44. The Balaban J connectivity index is 2.91. The molecule has 21 heavy (non-hydrogen) atoms. The highest BCUT2D eigenvalue weighted by Gasteiger charge is 2.48. The molecule has 1 aliphatic heterocycles. The molecular formula is C15H24O6. The quantitative estimate of drug-likeness (QED) is 0.430. The van der Waals surface area contributed by atoms with Crippen LogP contribution in [0, 0.1) is 11.8 Å². The summed E-state index contributed by atoms with van der Waals surface area (Å²) in [6, 6.07) is 0. The van der Waals surface area contributed by atoms with Gasteiger partial charge in [-0.2, -0.15) is 0 Å². The van der Waals surface area contributed by atoms with E-state index in [-0.39, 0.29) is 24.9 Å². The van der Waals surface area contributed by atoms with E-state index >= 15 is 0 Å². The van der Waals surface area contributed by atoms with Gasteiger partial charge in [0.1, 0.15) is 12.9 Å². The molecule has 0 spiro atoms. The topological polar surface area (TPSA) is 82.1 Å². The van der Waals surface area contributed by atoms with Gasteiger partial charge in [0.15, 0.2) is 6.10 Å². The van der Waals surface area contributed by atoms with Crippen molar-refractivity contribution in [2.24, 2.45) is 11.8 Å². The van der Waals surface area contributed by atoms with Crippen molar-refractivity contribution in [3.63, 3.8) is 0 Å². The maximum Gasteiger partial charge on any atom is 0.332 e. The Morgan fingerprint density at radius 3 is 2.86 bits per heavy atom. The lowest BCUT2D eigenvalue weighted by atomic mass is 9.81. The van der Waals surface area contributed by atoms with Gasteiger partial charge >= 0.3 is 5.97 Å². The Morgan fingerprint density at radius 1 is 1.52 bits per heavy atom. The lowest BCUT2D eigenvalue weighted by molar-refractivity contribution is -0.302. The first-order valence-corrected chi connectivity index (χ1v) is 7.10. The number of allylic oxidation sites excluding steroid dienone is 1. The summed E-state index contributed by atoms with van der Waals surface area (Å²) < 4.78 is 15.5. The van der Waals surface area contributed by atoms with Gasteiger partial charge in [-0.25, -0.2) is 4.79 Å². The number of methoxy groups -OCH3 is 1. The summed E-state index contributed by atoms with van der Waals surface area (Å²) in [5.41, 5.74) is 0. The molecule has 1 saturated heterocycles. The van der Waals surface area contributed by atoms with Crippen LogP contribution in [0.4, 0.5) is 0 Å². The Hall–Kier alpha value is -1.24. The van der Waals surface area contributed by atoms with Gasteiger partial charge < -0.3 is 24.1 Å². The van der Waals surface area contributed by atoms with Gasteiger partial charge in [0.2, 0.25) is 5.79 Å². The van der Waals surface area contributed by atoms with E-state index in [1.54, 1.807) is 6.08 Å². The standard InChI is InChI=1S/C15H24O6/c1-11-7-9-20-15(18,12(11)2)13(6-4-5-8-16)21-14(17)10-19-3/h4,6,8,11-13,18H,5,7,9-10H2,1-3H3/b6-4-/t11-,12+,13-,15+/m0/s1. The van der Waals surface area contributed by atoms with E-state index in [1.807, 2.05) is 13.8 Å². The van der Waals surface area contributed by atoms with Crippen molar-refractivity contribution in [1.29, 1.82) is 0 Å². The lowest BCUT2D eigenvalue weighted by Crippen LogP contribution is -2.56. The van der Waals surface area contributed by atoms with Crippen LogP contribution in [0.25, 0.3) is 0 Å². The average molecular weight is 300 g/mol. The van der Waals surface area contributed by atoms with Crippen molar-refractivity contribution >= 4 is 12.3 Å². The van der Waals surface area contributed by atoms with E-state index in [0.29, 0.717) is 6.61 Å². The SMILES string of the molecule is COCC(=O)O[C@@H](/C=C\CC=O)[C@]1(O)OCC[C@H](C)[C@H]1C. The molecule has 0 aromatic carbocycles. The first kappa shape index (κ1) is 17.8. The van der Waals surface area contributed by atoms with Crippen molar-refractivity contribution in [3.05, 3.63) is 12.2 Å². The number of carbonyl (C=O) groups excluding carboxylic acids is 2. The molecule has 120 valence electrons. The van der Waals surface area contributed by atoms with Crippen LogP contribution < -0.4 is 0 Å². The van der Waals surface area contributed by atoms with Gasteiger partial charge in [0.25, 0.3) is 0 Å². The van der Waals surface area contributed by atoms with Gasteiger partial charge in [-0.3, -0.25) is 0 Å². The van der Waals surface area contributed by atoms with Crippen LogP contribution in [0.5, 0.6) is 0 Å². The van der Waals surface area contributed by atoms with Crippen LogP contribution in [0.15, 0.2) is 12.2 Å². The van der Waals surface area contributed by atoms with Gasteiger partial charge in [0.05, 0.1) is 6.61 Å². The molecule has 1 rings (SSSR count). The van der Waals surface area contributed by atoms with Crippen molar-refractivity contribution in [3.8, 4) is 0 Å². The van der Waals surface area contributed by atoms with E-state index in [4.69, 9.17) is 14.2 Å². The number of aldehydes is 1. The Kier molecular flexibility index (Phi) is 7.01. The molecule has 0 aromatic rings. The fourth-order valence-electron chi connectivity index (χ4n) is 2.35. The molecule has 1 aliphatic rings. The Morgan fingerprint density at radius 2 is 2.24 bits per heavy atom. The monoisotopic (exact) mass is 300 g/mol. The third-order valence-corrected chi connectivity index (χ3v) is 3.88. The van der Waals surface area contributed by atoms with Crippen molar-refractivity contribution < 1.29 is 28.9 Å². The normalized spacial score (nSPS) is 31.0. The Bertz CT molecular complexity index is 380. The molecule has 0 aliphatic carbocycles. The molecule has 0 unspecified atom stereocenters. The number of esters is 1. The van der Waals surface area contributed by atoms with E-state index in [0.717, 1.165) is 12.7 Å². The second-order valence-electron chi connectivity index (χ2n) is 5.33. The van der Waals surface area contributed by atoms with Crippen LogP contribution in [0.2, 0.25) is 0 Å². The summed E-state index contributed by atoms with van der Waals surface area (Å²) in [5, 5.41) is 10.8. The highest BCUT2D eigenvalue weighted by atomic mass is 16.7. The van der Waals surface area contributed by atoms with Crippen LogP contribution in [0.1, 0.15) is 26.7 Å². The zero-order valence-corrected chi connectivity index (χ0v) is 12.8. The van der Waals surface area contributed by atoms with Crippen molar-refractivity contribution in [2.45, 2.75) is 38.6 Å². The van der Waals surface area contributed by atoms with E-state index in [9.17, 15) is 14.7 Å². The number of carbonyl (C=O) groups is 2. The molecule has 6 heteroatoms. The maximum atomic E-state index is 11.6. The molecule has 4 atom stereocenters.